The molecule has 0 aromatic heterocycles. The highest BCUT2D eigenvalue weighted by Gasteiger charge is 2.42. The molecule has 0 fully saturated rings. The van der Waals surface area contributed by atoms with Crippen LogP contribution in [0.4, 0.5) is 21.5 Å². The summed E-state index contributed by atoms with van der Waals surface area (Å²) in [5.74, 6) is -0.0381. The Kier molecular flexibility index (Phi) is 7.25. The van der Waals surface area contributed by atoms with Crippen LogP contribution in [0.15, 0.2) is 108 Å². The van der Waals surface area contributed by atoms with E-state index >= 15 is 0 Å². The zero-order valence-electron chi connectivity index (χ0n) is 23.8. The van der Waals surface area contributed by atoms with Crippen LogP contribution in [0.1, 0.15) is 46.3 Å². The summed E-state index contributed by atoms with van der Waals surface area (Å²) >= 11 is 0. The minimum Gasteiger partial charge on any atom is -0.497 e. The van der Waals surface area contributed by atoms with Gasteiger partial charge in [-0.05, 0) is 84.1 Å². The smallest absolute Gasteiger partial charge is 0.259 e. The van der Waals surface area contributed by atoms with Crippen molar-refractivity contribution in [1.82, 2.24) is 0 Å². The Hall–Kier alpha value is -4.91. The summed E-state index contributed by atoms with van der Waals surface area (Å²) in [5, 5.41) is 3.55. The third-order valence-electron chi connectivity index (χ3n) is 8.11. The van der Waals surface area contributed by atoms with E-state index < -0.39 is 6.04 Å². The molecule has 1 aliphatic heterocycles. The fourth-order valence-corrected chi connectivity index (χ4v) is 5.93. The van der Waals surface area contributed by atoms with E-state index in [-0.39, 0.29) is 29.8 Å². The third-order valence-corrected chi connectivity index (χ3v) is 8.11. The van der Waals surface area contributed by atoms with Crippen LogP contribution in [-0.2, 0) is 4.79 Å². The van der Waals surface area contributed by atoms with Gasteiger partial charge in [-0.1, -0.05) is 36.4 Å². The first-order valence-electron chi connectivity index (χ1n) is 14.0. The van der Waals surface area contributed by atoms with Crippen LogP contribution in [0.25, 0.3) is 0 Å². The molecule has 6 rings (SSSR count). The fourth-order valence-electron chi connectivity index (χ4n) is 5.93. The molecule has 42 heavy (non-hydrogen) atoms. The number of anilines is 3. The lowest BCUT2D eigenvalue weighted by Gasteiger charge is -2.35. The fraction of sp³-hybridized carbons (Fsp3) is 0.200. The van der Waals surface area contributed by atoms with Gasteiger partial charge in [-0.15, -0.1) is 0 Å². The van der Waals surface area contributed by atoms with Crippen LogP contribution >= 0.6 is 0 Å². The topological polar surface area (TPSA) is 61.9 Å². The molecule has 1 amide bonds. The van der Waals surface area contributed by atoms with Crippen molar-refractivity contribution in [3.05, 3.63) is 131 Å². The molecule has 2 aliphatic rings. The molecule has 0 unspecified atom stereocenters. The lowest BCUT2D eigenvalue weighted by molar-refractivity contribution is -0.116. The molecule has 0 spiro atoms. The number of hydrogen-bond donors (Lipinski definition) is 1. The van der Waals surface area contributed by atoms with Gasteiger partial charge in [0.05, 0.1) is 24.5 Å². The predicted molar refractivity (Wildman–Crippen MR) is 164 cm³/mol. The van der Waals surface area contributed by atoms with Gasteiger partial charge in [-0.25, -0.2) is 4.39 Å². The number of para-hydroxylation sites is 2. The number of benzene rings is 4. The maximum atomic E-state index is 14.5. The highest BCUT2D eigenvalue weighted by atomic mass is 19.1. The van der Waals surface area contributed by atoms with Gasteiger partial charge >= 0.3 is 0 Å². The summed E-state index contributed by atoms with van der Waals surface area (Å²) in [6.07, 6.45) is 0.817. The molecule has 2 atom stereocenters. The average Bonchev–Trinajstić information content (AvgIpc) is 3.16. The van der Waals surface area contributed by atoms with Crippen LogP contribution in [0, 0.1) is 5.82 Å². The van der Waals surface area contributed by atoms with Crippen LogP contribution in [0.2, 0.25) is 0 Å². The lowest BCUT2D eigenvalue weighted by Crippen LogP contribution is -2.38. The number of fused-ring (bicyclic) bond motifs is 1. The van der Waals surface area contributed by atoms with Crippen LogP contribution in [-0.4, -0.2) is 32.9 Å². The van der Waals surface area contributed by atoms with Gasteiger partial charge in [0.15, 0.2) is 5.78 Å². The van der Waals surface area contributed by atoms with E-state index in [9.17, 15) is 14.0 Å². The minimum absolute atomic E-state index is 0.0416. The summed E-state index contributed by atoms with van der Waals surface area (Å²) in [6, 6.07) is 28.4. The number of carbonyl (C=O) groups excluding carboxylic acids is 2. The molecule has 1 heterocycles. The Bertz CT molecular complexity index is 1660. The summed E-state index contributed by atoms with van der Waals surface area (Å²) in [6.45, 7) is 0. The molecule has 0 saturated carbocycles. The Morgan fingerprint density at radius 2 is 1.55 bits per heavy atom. The van der Waals surface area contributed by atoms with Crippen molar-refractivity contribution in [3.63, 3.8) is 0 Å². The van der Waals surface area contributed by atoms with Gasteiger partial charge in [-0.2, -0.15) is 0 Å². The first-order chi connectivity index (χ1) is 20.3. The van der Waals surface area contributed by atoms with Crippen molar-refractivity contribution in [2.24, 2.45) is 0 Å². The lowest BCUT2D eigenvalue weighted by atomic mass is 9.78. The Morgan fingerprint density at radius 1 is 0.881 bits per heavy atom. The van der Waals surface area contributed by atoms with Gasteiger partial charge in [0.1, 0.15) is 11.6 Å². The molecule has 6 nitrogen and oxygen atoms in total. The summed E-state index contributed by atoms with van der Waals surface area (Å²) in [7, 11) is 5.53. The van der Waals surface area contributed by atoms with Crippen LogP contribution < -0.4 is 19.9 Å². The van der Waals surface area contributed by atoms with Crippen LogP contribution in [0.5, 0.6) is 5.75 Å². The molecule has 0 bridgehead atoms. The average molecular weight is 562 g/mol. The van der Waals surface area contributed by atoms with E-state index in [0.717, 1.165) is 28.2 Å². The number of methoxy groups -OCH3 is 1. The number of nitrogens with one attached hydrogen (secondary N) is 1. The van der Waals surface area contributed by atoms with Crippen LogP contribution in [0.3, 0.4) is 0 Å². The molecule has 1 aliphatic carbocycles. The molecular formula is C35H32FN3O3. The van der Waals surface area contributed by atoms with E-state index in [1.807, 2.05) is 67.5 Å². The van der Waals surface area contributed by atoms with E-state index in [2.05, 4.69) is 5.32 Å². The SMILES string of the molecule is COc1ccc(C(=O)N2c3ccccc3NC3=C(C(=O)C[C@H](c4ccc(F)cc4)C3)[C@H]2c2ccc(N(C)C)cc2)cc1. The number of ether oxygens (including phenoxy) is 1. The number of Topliss-reactive ketones (excluding diaryl/α,β-unsaturated/α-hetero) is 1. The number of rotatable bonds is 5. The maximum Gasteiger partial charge on any atom is 0.259 e. The summed E-state index contributed by atoms with van der Waals surface area (Å²) in [5.41, 5.74) is 6.02. The van der Waals surface area contributed by atoms with Gasteiger partial charge in [0.25, 0.3) is 5.91 Å². The number of hydrogen-bond acceptors (Lipinski definition) is 5. The molecule has 0 saturated heterocycles. The quantitative estimate of drug-likeness (QED) is 0.281. The number of nitrogens with zero attached hydrogens (tertiary/aromatic N) is 2. The highest BCUT2D eigenvalue weighted by Crippen LogP contribution is 2.48. The molecule has 4 aromatic carbocycles. The zero-order chi connectivity index (χ0) is 29.4. The first kappa shape index (κ1) is 27.3. The van der Waals surface area contributed by atoms with Gasteiger partial charge in [0.2, 0.25) is 0 Å². The minimum atomic E-state index is -0.663. The molecule has 0 radical (unpaired) electrons. The molecule has 212 valence electrons. The molecular weight excluding hydrogens is 529 g/mol. The van der Waals surface area contributed by atoms with E-state index in [4.69, 9.17) is 4.74 Å². The number of allylic oxidation sites excluding steroid dienone is 1. The Labute approximate surface area is 245 Å². The third kappa shape index (κ3) is 5.02. The first-order valence-corrected chi connectivity index (χ1v) is 14.0. The second kappa shape index (κ2) is 11.2. The van der Waals surface area contributed by atoms with Crippen molar-refractivity contribution in [2.75, 3.05) is 36.3 Å². The van der Waals surface area contributed by atoms with Gasteiger partial charge in [0, 0.05) is 43.0 Å². The Balaban J connectivity index is 1.54. The number of amides is 1. The molecule has 4 aromatic rings. The highest BCUT2D eigenvalue weighted by molar-refractivity contribution is 6.12. The van der Waals surface area contributed by atoms with Crippen molar-refractivity contribution in [1.29, 1.82) is 0 Å². The summed E-state index contributed by atoms with van der Waals surface area (Å²) in [4.78, 5) is 32.4. The van der Waals surface area contributed by atoms with Gasteiger partial charge in [-0.3, -0.25) is 14.5 Å². The second-order valence-corrected chi connectivity index (χ2v) is 10.9. The van der Waals surface area contributed by atoms with Crippen molar-refractivity contribution >= 4 is 28.8 Å². The molecule has 7 heteroatoms. The normalized spacial score (nSPS) is 18.0. The van der Waals surface area contributed by atoms with Gasteiger partial charge < -0.3 is 15.0 Å². The van der Waals surface area contributed by atoms with E-state index in [0.29, 0.717) is 29.0 Å². The van der Waals surface area contributed by atoms with E-state index in [1.165, 1.54) is 12.1 Å². The zero-order valence-corrected chi connectivity index (χ0v) is 23.8. The summed E-state index contributed by atoms with van der Waals surface area (Å²) < 4.78 is 19.0. The number of halogens is 1. The van der Waals surface area contributed by atoms with Crippen molar-refractivity contribution < 1.29 is 18.7 Å². The second-order valence-electron chi connectivity index (χ2n) is 10.9. The Morgan fingerprint density at radius 3 is 2.21 bits per heavy atom. The van der Waals surface area contributed by atoms with Crippen molar-refractivity contribution in [2.45, 2.75) is 24.8 Å². The van der Waals surface area contributed by atoms with E-state index in [1.54, 1.807) is 48.4 Å². The largest absolute Gasteiger partial charge is 0.497 e. The molecule has 1 N–H and O–H groups in total. The van der Waals surface area contributed by atoms with Crippen molar-refractivity contribution in [3.8, 4) is 5.75 Å². The maximum absolute atomic E-state index is 14.5. The standard InChI is InChI=1S/C35H32FN3O3/c1-38(2)27-16-10-23(11-17-27)34-33-30(20-25(21-32(33)40)22-8-14-26(36)15-9-22)37-29-6-4-5-7-31(29)39(34)35(41)24-12-18-28(42-3)19-13-24/h4-19,25,34,37H,20-21H2,1-3H3/t25-,34-/m1/s1. The number of ketones is 1. The monoisotopic (exact) mass is 561 g/mol. The number of carbonyl (C=O) groups is 2. The predicted octanol–water partition coefficient (Wildman–Crippen LogP) is 7.11.